The Hall–Kier alpha value is -1.55. The Morgan fingerprint density at radius 2 is 2.06 bits per heavy atom. The molecule has 0 spiro atoms. The van der Waals surface area contributed by atoms with Crippen molar-refractivity contribution in [3.8, 4) is 0 Å². The Kier molecular flexibility index (Phi) is 4.20. The number of rotatable bonds is 4. The maximum atomic E-state index is 11.9. The fraction of sp³-hybridized carbons (Fsp3) is 0.214. The fourth-order valence-electron chi connectivity index (χ4n) is 1.78. The molecule has 1 aromatic carbocycles. The van der Waals surface area contributed by atoms with Crippen molar-refractivity contribution in [2.75, 3.05) is 0 Å². The van der Waals surface area contributed by atoms with E-state index < -0.39 is 0 Å². The van der Waals surface area contributed by atoms with Gasteiger partial charge in [-0.3, -0.25) is 4.79 Å². The summed E-state index contributed by atoms with van der Waals surface area (Å²) in [7, 11) is 0. The zero-order valence-corrected chi connectivity index (χ0v) is 11.6. The molecule has 0 saturated heterocycles. The molecule has 1 N–H and O–H groups in total. The van der Waals surface area contributed by atoms with E-state index >= 15 is 0 Å². The van der Waals surface area contributed by atoms with Crippen LogP contribution < -0.4 is 5.32 Å². The van der Waals surface area contributed by atoms with Crippen LogP contribution in [0.4, 0.5) is 0 Å². The van der Waals surface area contributed by atoms with Gasteiger partial charge in [-0.05, 0) is 40.9 Å². The molecule has 1 heterocycles. The van der Waals surface area contributed by atoms with Gasteiger partial charge in [-0.15, -0.1) is 0 Å². The molecule has 0 aliphatic rings. The smallest absolute Gasteiger partial charge is 0.255 e. The van der Waals surface area contributed by atoms with E-state index in [2.05, 4.69) is 33.4 Å². The van der Waals surface area contributed by atoms with Crippen molar-refractivity contribution in [1.82, 2.24) is 5.32 Å². The summed E-state index contributed by atoms with van der Waals surface area (Å²) in [6, 6.07) is 11.8. The van der Waals surface area contributed by atoms with Gasteiger partial charge in [-0.2, -0.15) is 0 Å². The molecule has 2 rings (SSSR count). The topological polar surface area (TPSA) is 42.2 Å². The highest BCUT2D eigenvalue weighted by Crippen LogP contribution is 2.17. The molecule has 0 fully saturated rings. The minimum absolute atomic E-state index is 0.0710. The number of halogens is 1. The second-order valence-corrected chi connectivity index (χ2v) is 4.89. The predicted molar refractivity (Wildman–Crippen MR) is 73.5 cm³/mol. The van der Waals surface area contributed by atoms with Crippen molar-refractivity contribution in [2.45, 2.75) is 19.4 Å². The van der Waals surface area contributed by atoms with E-state index in [0.717, 1.165) is 6.42 Å². The summed E-state index contributed by atoms with van der Waals surface area (Å²) >= 11 is 3.20. The third-order valence-electron chi connectivity index (χ3n) is 2.62. The number of hydrogen-bond donors (Lipinski definition) is 1. The minimum atomic E-state index is -0.126. The van der Waals surface area contributed by atoms with Crippen molar-refractivity contribution >= 4 is 21.8 Å². The van der Waals surface area contributed by atoms with Crippen molar-refractivity contribution < 1.29 is 9.21 Å². The monoisotopic (exact) mass is 307 g/mol. The van der Waals surface area contributed by atoms with Gasteiger partial charge in [-0.1, -0.05) is 30.3 Å². The zero-order valence-electron chi connectivity index (χ0n) is 10.0. The van der Waals surface area contributed by atoms with Crippen molar-refractivity contribution in [2.24, 2.45) is 0 Å². The standard InChI is InChI=1S/C14H14BrNO2/c1-10(9-11-5-3-2-4-6-11)16-14(17)12-7-8-18-13(12)15/h2-8,10H,9H2,1H3,(H,16,17). The van der Waals surface area contributed by atoms with Crippen LogP contribution in [-0.2, 0) is 6.42 Å². The number of benzene rings is 1. The Morgan fingerprint density at radius 3 is 2.67 bits per heavy atom. The average molecular weight is 308 g/mol. The predicted octanol–water partition coefficient (Wildman–Crippen LogP) is 3.40. The second-order valence-electron chi connectivity index (χ2n) is 4.17. The van der Waals surface area contributed by atoms with Crippen molar-refractivity contribution in [3.05, 3.63) is 58.5 Å². The van der Waals surface area contributed by atoms with Crippen LogP contribution in [0.3, 0.4) is 0 Å². The van der Waals surface area contributed by atoms with Crippen LogP contribution in [0.5, 0.6) is 0 Å². The van der Waals surface area contributed by atoms with Gasteiger partial charge >= 0.3 is 0 Å². The summed E-state index contributed by atoms with van der Waals surface area (Å²) in [4.78, 5) is 11.9. The summed E-state index contributed by atoms with van der Waals surface area (Å²) in [5.41, 5.74) is 1.73. The van der Waals surface area contributed by atoms with Crippen LogP contribution in [-0.4, -0.2) is 11.9 Å². The lowest BCUT2D eigenvalue weighted by atomic mass is 10.1. The fourth-order valence-corrected chi connectivity index (χ4v) is 2.20. The van der Waals surface area contributed by atoms with Gasteiger partial charge in [-0.25, -0.2) is 0 Å². The first-order valence-electron chi connectivity index (χ1n) is 5.74. The molecule has 0 aliphatic heterocycles. The van der Waals surface area contributed by atoms with E-state index in [1.54, 1.807) is 6.07 Å². The van der Waals surface area contributed by atoms with Gasteiger partial charge in [0.15, 0.2) is 4.67 Å². The van der Waals surface area contributed by atoms with E-state index in [1.807, 2.05) is 25.1 Å². The molecule has 1 aromatic heterocycles. The Balaban J connectivity index is 1.94. The molecule has 18 heavy (non-hydrogen) atoms. The minimum Gasteiger partial charge on any atom is -0.457 e. The van der Waals surface area contributed by atoms with E-state index in [1.165, 1.54) is 11.8 Å². The van der Waals surface area contributed by atoms with Crippen LogP contribution >= 0.6 is 15.9 Å². The van der Waals surface area contributed by atoms with E-state index in [0.29, 0.717) is 10.2 Å². The van der Waals surface area contributed by atoms with Crippen LogP contribution in [0.2, 0.25) is 0 Å². The number of carbonyl (C=O) groups excluding carboxylic acids is 1. The third-order valence-corrected chi connectivity index (χ3v) is 3.24. The molecule has 0 bridgehead atoms. The van der Waals surface area contributed by atoms with Crippen LogP contribution in [0, 0.1) is 0 Å². The zero-order chi connectivity index (χ0) is 13.0. The molecule has 1 unspecified atom stereocenters. The quantitative estimate of drug-likeness (QED) is 0.940. The largest absolute Gasteiger partial charge is 0.457 e. The summed E-state index contributed by atoms with van der Waals surface area (Å²) < 4.78 is 5.51. The van der Waals surface area contributed by atoms with Crippen LogP contribution in [0.25, 0.3) is 0 Å². The van der Waals surface area contributed by atoms with Gasteiger partial charge in [0.1, 0.15) is 0 Å². The Morgan fingerprint density at radius 1 is 1.33 bits per heavy atom. The third kappa shape index (κ3) is 3.23. The van der Waals surface area contributed by atoms with Crippen LogP contribution in [0.1, 0.15) is 22.8 Å². The summed E-state index contributed by atoms with van der Waals surface area (Å²) in [6.45, 7) is 1.99. The van der Waals surface area contributed by atoms with Gasteiger partial charge in [0, 0.05) is 6.04 Å². The number of carbonyl (C=O) groups is 1. The van der Waals surface area contributed by atoms with Crippen molar-refractivity contribution in [3.63, 3.8) is 0 Å². The van der Waals surface area contributed by atoms with Crippen molar-refractivity contribution in [1.29, 1.82) is 0 Å². The summed E-state index contributed by atoms with van der Waals surface area (Å²) in [6.07, 6.45) is 2.29. The van der Waals surface area contributed by atoms with Gasteiger partial charge in [0.25, 0.3) is 5.91 Å². The molecular formula is C14H14BrNO2. The first-order valence-corrected chi connectivity index (χ1v) is 6.54. The second kappa shape index (κ2) is 5.87. The maximum absolute atomic E-state index is 11.9. The molecule has 4 heteroatoms. The molecule has 94 valence electrons. The highest BCUT2D eigenvalue weighted by Gasteiger charge is 2.14. The number of nitrogens with one attached hydrogen (secondary N) is 1. The summed E-state index contributed by atoms with van der Waals surface area (Å²) in [5.74, 6) is -0.126. The summed E-state index contributed by atoms with van der Waals surface area (Å²) in [5, 5.41) is 2.94. The first kappa shape index (κ1) is 12.9. The van der Waals surface area contributed by atoms with Crippen LogP contribution in [0.15, 0.2) is 51.7 Å². The first-order chi connectivity index (χ1) is 8.66. The lowest BCUT2D eigenvalue weighted by molar-refractivity contribution is 0.0938. The number of furan rings is 1. The molecular weight excluding hydrogens is 294 g/mol. The van der Waals surface area contributed by atoms with E-state index in [9.17, 15) is 4.79 Å². The molecule has 0 aliphatic carbocycles. The highest BCUT2D eigenvalue weighted by molar-refractivity contribution is 9.10. The molecule has 0 radical (unpaired) electrons. The molecule has 2 aromatic rings. The Labute approximate surface area is 114 Å². The Bertz CT molecular complexity index is 522. The molecule has 1 amide bonds. The van der Waals surface area contributed by atoms with Gasteiger partial charge < -0.3 is 9.73 Å². The molecule has 1 atom stereocenters. The molecule has 3 nitrogen and oxygen atoms in total. The van der Waals surface area contributed by atoms with Gasteiger partial charge in [0.05, 0.1) is 11.8 Å². The maximum Gasteiger partial charge on any atom is 0.255 e. The van der Waals surface area contributed by atoms with E-state index in [4.69, 9.17) is 4.42 Å². The van der Waals surface area contributed by atoms with Gasteiger partial charge in [0.2, 0.25) is 0 Å². The van der Waals surface area contributed by atoms with E-state index in [-0.39, 0.29) is 11.9 Å². The lowest BCUT2D eigenvalue weighted by Gasteiger charge is -2.13. The number of amides is 1. The SMILES string of the molecule is CC(Cc1ccccc1)NC(=O)c1ccoc1Br. The highest BCUT2D eigenvalue weighted by atomic mass is 79.9. The number of hydrogen-bond acceptors (Lipinski definition) is 2. The normalized spacial score (nSPS) is 12.1. The average Bonchev–Trinajstić information content (AvgIpc) is 2.76. The lowest BCUT2D eigenvalue weighted by Crippen LogP contribution is -2.34. The molecule has 0 saturated carbocycles.